The largest absolute Gasteiger partial charge is 0.254 e. The molecule has 0 aliphatic carbocycles. The molecule has 0 aliphatic heterocycles. The van der Waals surface area contributed by atoms with Crippen LogP contribution in [0, 0.1) is 0 Å². The second-order valence-electron chi connectivity index (χ2n) is 28.8. The summed E-state index contributed by atoms with van der Waals surface area (Å²) in [6, 6.07) is 12.4. The molecule has 0 heterocycles. The van der Waals surface area contributed by atoms with Crippen LogP contribution in [0.2, 0.25) is 0 Å². The minimum atomic E-state index is -1.45. The van der Waals surface area contributed by atoms with Gasteiger partial charge in [0.15, 0.2) is 0 Å². The lowest BCUT2D eigenvalue weighted by Gasteiger charge is -2.20. The first-order valence-corrected chi connectivity index (χ1v) is 48.8. The van der Waals surface area contributed by atoms with E-state index in [1.807, 2.05) is 0 Å². The third-order valence-corrected chi connectivity index (χ3v) is 29.5. The van der Waals surface area contributed by atoms with E-state index in [0.717, 1.165) is 148 Å². The Morgan fingerprint density at radius 1 is 0.156 bits per heavy atom. The Morgan fingerprint density at radius 2 is 0.250 bits per heavy atom. The van der Waals surface area contributed by atoms with Crippen molar-refractivity contribution in [3.05, 3.63) is 36.4 Å². The van der Waals surface area contributed by atoms with Crippen LogP contribution in [0.4, 0.5) is 0 Å². The predicted molar refractivity (Wildman–Crippen MR) is 430 cm³/mol. The van der Waals surface area contributed by atoms with Gasteiger partial charge in [0.2, 0.25) is 0 Å². The van der Waals surface area contributed by atoms with E-state index in [1.165, 1.54) is 231 Å². The van der Waals surface area contributed by atoms with Gasteiger partial charge in [-0.05, 0) is 107 Å². The van der Waals surface area contributed by atoms with Gasteiger partial charge in [0.05, 0.1) is 94.2 Å². The smallest absolute Gasteiger partial charge is 0.0556 e. The molecule has 12 heteroatoms. The minimum Gasteiger partial charge on any atom is -0.254 e. The average molecular weight is 1440 g/mol. The highest BCUT2D eigenvalue weighted by molar-refractivity contribution is 7.89. The summed E-state index contributed by atoms with van der Waals surface area (Å²) in [6.07, 6.45) is 62.8. The van der Waals surface area contributed by atoms with Crippen LogP contribution in [-0.2, 0) is 64.8 Å². The molecule has 0 radical (unpaired) electrons. The lowest BCUT2D eigenvalue weighted by atomic mass is 9.94. The highest BCUT2D eigenvalue weighted by Crippen LogP contribution is 2.43. The zero-order valence-corrected chi connectivity index (χ0v) is 67.7. The van der Waals surface area contributed by atoms with Crippen LogP contribution in [0.1, 0.15) is 388 Å². The Kier molecular flexibility index (Phi) is 51.7. The summed E-state index contributed by atoms with van der Waals surface area (Å²) in [6.45, 7) is 13.6. The third kappa shape index (κ3) is 35.2. The van der Waals surface area contributed by atoms with Gasteiger partial charge in [-0.2, -0.15) is 0 Å². The summed E-state index contributed by atoms with van der Waals surface area (Å²) in [7, 11) is -8.69. The molecule has 0 aromatic heterocycles. The van der Waals surface area contributed by atoms with Crippen molar-refractivity contribution in [2.75, 3.05) is 34.5 Å². The van der Waals surface area contributed by atoms with Crippen LogP contribution < -0.4 is 0 Å². The first-order chi connectivity index (χ1) is 47.1. The molecule has 0 bridgehead atoms. The number of fused-ring (bicyclic) bond motifs is 6. The van der Waals surface area contributed by atoms with Crippen molar-refractivity contribution >= 4 is 97.1 Å². The summed E-state index contributed by atoms with van der Waals surface area (Å²) in [5.41, 5.74) is 0. The summed E-state index contributed by atoms with van der Waals surface area (Å²) in [5.74, 6) is 2.92. The van der Waals surface area contributed by atoms with Crippen LogP contribution in [0.5, 0.6) is 0 Å². The molecular formula is C84H144O6S6. The molecule has 552 valence electrons. The fourth-order valence-corrected chi connectivity index (χ4v) is 23.0. The van der Waals surface area contributed by atoms with Crippen LogP contribution in [0.15, 0.2) is 65.8 Å². The van der Waals surface area contributed by atoms with E-state index in [2.05, 4.69) is 77.9 Å². The van der Waals surface area contributed by atoms with Gasteiger partial charge in [-0.25, -0.2) is 0 Å². The van der Waals surface area contributed by atoms with E-state index in [4.69, 9.17) is 0 Å². The van der Waals surface area contributed by atoms with Gasteiger partial charge in [-0.15, -0.1) is 0 Å². The van der Waals surface area contributed by atoms with Crippen molar-refractivity contribution in [2.24, 2.45) is 0 Å². The summed E-state index contributed by atoms with van der Waals surface area (Å²) >= 11 is 0. The standard InChI is InChI=1S/C84H144O6S6/c1-7-13-19-25-31-37-43-49-55-61-91(85)79-67-73-74(68-80(79)92(86)62-56-50-44-38-32-26-20-14-8-2)76-70-82(94(88)64-58-52-46-40-34-28-22-16-10-4)84(96(90)66-60-54-48-42-36-30-24-18-12-6)72-78(76)77-71-83(95(89)65-59-53-47-41-35-29-23-17-11-5)81(69-75(73)77)93(87)63-57-51-45-39-33-27-21-15-9-3/h67-72H,7-66H2,1-6H3. The average Bonchev–Trinajstić information content (AvgIpc) is 0.721. The fourth-order valence-electron chi connectivity index (χ4n) is 14.0. The first-order valence-electron chi connectivity index (χ1n) is 40.9. The topological polar surface area (TPSA) is 102 Å². The SMILES string of the molecule is CCCCCCCCCCCS(=O)c1cc2c3cc(S(=O)CCCCCCCCCCC)c(S(=O)CCCCCCCCCCC)cc3c3cc(S(=O)CCCCCCCCCCC)c(S(=O)CCCCCCCCCCC)cc3c2cc1S(=O)CCCCCCCCCCC. The van der Waals surface area contributed by atoms with Crippen molar-refractivity contribution in [3.8, 4) is 0 Å². The van der Waals surface area contributed by atoms with Gasteiger partial charge in [0, 0.05) is 34.5 Å². The quantitative estimate of drug-likeness (QED) is 0.0322. The van der Waals surface area contributed by atoms with Crippen LogP contribution >= 0.6 is 0 Å². The second-order valence-corrected chi connectivity index (χ2v) is 38.0. The van der Waals surface area contributed by atoms with Gasteiger partial charge in [-0.1, -0.05) is 350 Å². The zero-order chi connectivity index (χ0) is 69.1. The molecule has 6 unspecified atom stereocenters. The van der Waals surface area contributed by atoms with Crippen molar-refractivity contribution < 1.29 is 25.3 Å². The van der Waals surface area contributed by atoms with Crippen molar-refractivity contribution in [1.29, 1.82) is 0 Å². The molecule has 6 atom stereocenters. The third-order valence-electron chi connectivity index (χ3n) is 20.2. The highest BCUT2D eigenvalue weighted by Gasteiger charge is 2.26. The maximum atomic E-state index is 15.2. The molecule has 6 nitrogen and oxygen atoms in total. The minimum absolute atomic E-state index is 0.487. The number of benzene rings is 4. The van der Waals surface area contributed by atoms with E-state index in [0.29, 0.717) is 63.9 Å². The molecule has 0 aliphatic rings. The molecule has 0 fully saturated rings. The molecule has 4 rings (SSSR count). The van der Waals surface area contributed by atoms with E-state index in [1.54, 1.807) is 0 Å². The van der Waals surface area contributed by atoms with Gasteiger partial charge < -0.3 is 0 Å². The van der Waals surface area contributed by atoms with Crippen molar-refractivity contribution in [3.63, 3.8) is 0 Å². The first kappa shape index (κ1) is 87.0. The molecule has 4 aromatic rings. The lowest BCUT2D eigenvalue weighted by Crippen LogP contribution is -2.09. The lowest BCUT2D eigenvalue weighted by molar-refractivity contribution is 0.572. The molecule has 4 aromatic carbocycles. The Hall–Kier alpha value is -1.44. The highest BCUT2D eigenvalue weighted by atomic mass is 32.2. The van der Waals surface area contributed by atoms with Crippen LogP contribution in [0.3, 0.4) is 0 Å². The van der Waals surface area contributed by atoms with E-state index in [9.17, 15) is 0 Å². The Bertz CT molecular complexity index is 2310. The Labute approximate surface area is 606 Å². The second kappa shape index (κ2) is 57.0. The number of unbranched alkanes of at least 4 members (excludes halogenated alkanes) is 48. The number of rotatable bonds is 66. The number of hydrogen-bond donors (Lipinski definition) is 0. The summed E-state index contributed by atoms with van der Waals surface area (Å²) in [4.78, 5) is 3.75. The molecule has 0 saturated carbocycles. The van der Waals surface area contributed by atoms with Gasteiger partial charge in [0.1, 0.15) is 0 Å². The molecule has 0 spiro atoms. The van der Waals surface area contributed by atoms with Crippen LogP contribution in [-0.4, -0.2) is 59.8 Å². The predicted octanol–water partition coefficient (Wildman–Crippen LogP) is 27.0. The van der Waals surface area contributed by atoms with E-state index in [-0.39, 0.29) is 0 Å². The maximum absolute atomic E-state index is 15.2. The summed E-state index contributed by atoms with van der Waals surface area (Å²) in [5, 5.41) is 5.05. The van der Waals surface area contributed by atoms with Crippen LogP contribution in [0.25, 0.3) is 32.3 Å². The normalized spacial score (nSPS) is 13.9. The van der Waals surface area contributed by atoms with Crippen molar-refractivity contribution in [1.82, 2.24) is 0 Å². The van der Waals surface area contributed by atoms with E-state index >= 15 is 25.3 Å². The van der Waals surface area contributed by atoms with Gasteiger partial charge >= 0.3 is 0 Å². The van der Waals surface area contributed by atoms with Gasteiger partial charge in [-0.3, -0.25) is 25.3 Å². The van der Waals surface area contributed by atoms with Gasteiger partial charge in [0.25, 0.3) is 0 Å². The fraction of sp³-hybridized carbons (Fsp3) is 0.786. The molecule has 0 N–H and O–H groups in total. The zero-order valence-electron chi connectivity index (χ0n) is 62.8. The molecule has 0 saturated heterocycles. The molecule has 0 amide bonds. The monoisotopic (exact) mass is 1440 g/mol. The summed E-state index contributed by atoms with van der Waals surface area (Å²) < 4.78 is 91.5. The van der Waals surface area contributed by atoms with E-state index < -0.39 is 64.8 Å². The van der Waals surface area contributed by atoms with Crippen molar-refractivity contribution in [2.45, 2.75) is 418 Å². The number of hydrogen-bond acceptors (Lipinski definition) is 6. The Morgan fingerprint density at radius 3 is 0.354 bits per heavy atom. The maximum Gasteiger partial charge on any atom is 0.0556 e. The Balaban J connectivity index is 1.98. The molecule has 96 heavy (non-hydrogen) atoms. The molecular weight excluding hydrogens is 1300 g/mol.